The van der Waals surface area contributed by atoms with Crippen molar-refractivity contribution >= 4 is 11.9 Å². The zero-order valence-corrected chi connectivity index (χ0v) is 17.6. The van der Waals surface area contributed by atoms with Crippen LogP contribution in [-0.4, -0.2) is 46.9 Å². The molecule has 0 spiro atoms. The zero-order chi connectivity index (χ0) is 22.1. The third-order valence-corrected chi connectivity index (χ3v) is 4.63. The molecule has 0 unspecified atom stereocenters. The van der Waals surface area contributed by atoms with Crippen LogP contribution in [0.1, 0.15) is 30.5 Å². The summed E-state index contributed by atoms with van der Waals surface area (Å²) in [7, 11) is 1.63. The van der Waals surface area contributed by atoms with Crippen LogP contribution in [0.2, 0.25) is 0 Å². The van der Waals surface area contributed by atoms with Gasteiger partial charge in [-0.25, -0.2) is 0 Å². The Balaban J connectivity index is 2.16. The van der Waals surface area contributed by atoms with Crippen molar-refractivity contribution < 1.29 is 29.4 Å². The molecular formula is C23H29NO6. The fraction of sp³-hybridized carbons (Fsp3) is 0.391. The van der Waals surface area contributed by atoms with E-state index in [1.807, 2.05) is 24.3 Å². The van der Waals surface area contributed by atoms with Crippen LogP contribution in [0.3, 0.4) is 0 Å². The molecule has 0 saturated heterocycles. The predicted octanol–water partition coefficient (Wildman–Crippen LogP) is 3.19. The van der Waals surface area contributed by atoms with E-state index >= 15 is 0 Å². The number of carbonyl (C=O) groups is 2. The molecule has 0 aliphatic rings. The number of hydrogen-bond donors (Lipinski definition) is 2. The SMILES string of the molecule is COCc1ccc(CCN(OC(=O)C(C)C)[C@@H](Cc2ccc(O)cc2)C(=O)O)cc1. The van der Waals surface area contributed by atoms with E-state index in [1.54, 1.807) is 33.1 Å². The van der Waals surface area contributed by atoms with Gasteiger partial charge in [-0.3, -0.25) is 9.59 Å². The quantitative estimate of drug-likeness (QED) is 0.544. The van der Waals surface area contributed by atoms with Gasteiger partial charge in [0.25, 0.3) is 0 Å². The Morgan fingerprint density at radius 3 is 2.07 bits per heavy atom. The first-order chi connectivity index (χ1) is 14.3. The minimum absolute atomic E-state index is 0.102. The second-order valence-corrected chi connectivity index (χ2v) is 7.43. The van der Waals surface area contributed by atoms with Crippen LogP contribution in [0, 0.1) is 5.92 Å². The van der Waals surface area contributed by atoms with E-state index in [1.165, 1.54) is 17.2 Å². The Morgan fingerprint density at radius 2 is 1.53 bits per heavy atom. The second-order valence-electron chi connectivity index (χ2n) is 7.43. The molecule has 30 heavy (non-hydrogen) atoms. The Hall–Kier alpha value is -2.90. The number of aromatic hydroxyl groups is 1. The van der Waals surface area contributed by atoms with Crippen molar-refractivity contribution in [1.29, 1.82) is 0 Å². The van der Waals surface area contributed by atoms with Gasteiger partial charge in [-0.15, -0.1) is 5.06 Å². The largest absolute Gasteiger partial charge is 0.508 e. The standard InChI is InChI=1S/C23H29NO6/c1-16(2)23(28)30-24(13-12-17-4-6-19(7-5-17)15-29-3)21(22(26)27)14-18-8-10-20(25)11-9-18/h4-11,16,21,25H,12-15H2,1-3H3,(H,26,27)/t21-/m0/s1. The number of ether oxygens (including phenoxy) is 1. The maximum atomic E-state index is 12.2. The Labute approximate surface area is 176 Å². The summed E-state index contributed by atoms with van der Waals surface area (Å²) in [6.45, 7) is 4.15. The van der Waals surface area contributed by atoms with Crippen LogP contribution in [0.25, 0.3) is 0 Å². The normalized spacial score (nSPS) is 12.2. The molecule has 0 bridgehead atoms. The van der Waals surface area contributed by atoms with E-state index in [2.05, 4.69) is 0 Å². The topological polar surface area (TPSA) is 96.3 Å². The summed E-state index contributed by atoms with van der Waals surface area (Å²) in [4.78, 5) is 29.7. The Morgan fingerprint density at radius 1 is 0.967 bits per heavy atom. The Bertz CT molecular complexity index is 817. The summed E-state index contributed by atoms with van der Waals surface area (Å²) < 4.78 is 5.11. The smallest absolute Gasteiger partial charge is 0.327 e. The number of carboxylic acid groups (broad SMARTS) is 1. The number of nitrogens with zero attached hydrogens (tertiary/aromatic N) is 1. The first kappa shape index (κ1) is 23.4. The maximum Gasteiger partial charge on any atom is 0.327 e. The lowest BCUT2D eigenvalue weighted by molar-refractivity contribution is -0.209. The van der Waals surface area contributed by atoms with E-state index in [-0.39, 0.29) is 24.6 Å². The number of carboxylic acids is 1. The van der Waals surface area contributed by atoms with Gasteiger partial charge in [0.2, 0.25) is 0 Å². The molecule has 2 rings (SSSR count). The minimum Gasteiger partial charge on any atom is -0.508 e. The summed E-state index contributed by atoms with van der Waals surface area (Å²) in [5.41, 5.74) is 2.75. The number of rotatable bonds is 11. The first-order valence-electron chi connectivity index (χ1n) is 9.86. The predicted molar refractivity (Wildman–Crippen MR) is 112 cm³/mol. The molecule has 0 heterocycles. The summed E-state index contributed by atoms with van der Waals surface area (Å²) in [6, 6.07) is 13.1. The van der Waals surface area contributed by atoms with E-state index < -0.39 is 18.0 Å². The highest BCUT2D eigenvalue weighted by Gasteiger charge is 2.30. The van der Waals surface area contributed by atoms with Gasteiger partial charge in [-0.2, -0.15) is 0 Å². The lowest BCUT2D eigenvalue weighted by Crippen LogP contribution is -2.45. The molecule has 0 saturated carbocycles. The number of phenolic OH excluding ortho intramolecular Hbond substituents is 1. The van der Waals surface area contributed by atoms with E-state index in [0.717, 1.165) is 16.7 Å². The molecule has 2 aromatic rings. The van der Waals surface area contributed by atoms with Crippen molar-refractivity contribution in [3.05, 3.63) is 65.2 Å². The van der Waals surface area contributed by atoms with Crippen LogP contribution in [-0.2, 0) is 38.6 Å². The summed E-state index contributed by atoms with van der Waals surface area (Å²) in [5.74, 6) is -1.85. The van der Waals surface area contributed by atoms with Gasteiger partial charge in [0, 0.05) is 20.1 Å². The average Bonchev–Trinajstić information content (AvgIpc) is 2.71. The molecule has 0 aliphatic carbocycles. The van der Waals surface area contributed by atoms with E-state index in [9.17, 15) is 19.8 Å². The van der Waals surface area contributed by atoms with Gasteiger partial charge < -0.3 is 19.8 Å². The lowest BCUT2D eigenvalue weighted by atomic mass is 10.0. The average molecular weight is 415 g/mol. The lowest BCUT2D eigenvalue weighted by Gasteiger charge is -2.28. The molecule has 0 amide bonds. The Kier molecular flexibility index (Phi) is 8.83. The molecule has 1 atom stereocenters. The van der Waals surface area contributed by atoms with Crippen molar-refractivity contribution in [3.63, 3.8) is 0 Å². The van der Waals surface area contributed by atoms with Crippen molar-refractivity contribution in [2.45, 2.75) is 39.3 Å². The molecular weight excluding hydrogens is 386 g/mol. The highest BCUT2D eigenvalue weighted by atomic mass is 16.7. The fourth-order valence-corrected chi connectivity index (χ4v) is 2.86. The minimum atomic E-state index is -1.09. The maximum absolute atomic E-state index is 12.2. The van der Waals surface area contributed by atoms with Gasteiger partial charge >= 0.3 is 11.9 Å². The molecule has 0 aliphatic heterocycles. The fourth-order valence-electron chi connectivity index (χ4n) is 2.86. The number of hydroxylamine groups is 2. The molecule has 162 valence electrons. The molecule has 7 heteroatoms. The van der Waals surface area contributed by atoms with E-state index in [0.29, 0.717) is 13.0 Å². The highest BCUT2D eigenvalue weighted by molar-refractivity contribution is 5.75. The van der Waals surface area contributed by atoms with Crippen LogP contribution >= 0.6 is 0 Å². The molecule has 2 N–H and O–H groups in total. The number of benzene rings is 2. The van der Waals surface area contributed by atoms with Gasteiger partial charge in [0.05, 0.1) is 12.5 Å². The van der Waals surface area contributed by atoms with Gasteiger partial charge in [-0.1, -0.05) is 50.2 Å². The monoisotopic (exact) mass is 415 g/mol. The number of phenols is 1. The first-order valence-corrected chi connectivity index (χ1v) is 9.86. The van der Waals surface area contributed by atoms with Gasteiger partial charge in [0.1, 0.15) is 11.8 Å². The van der Waals surface area contributed by atoms with Crippen LogP contribution in [0.5, 0.6) is 5.75 Å². The van der Waals surface area contributed by atoms with Crippen molar-refractivity contribution in [2.75, 3.05) is 13.7 Å². The zero-order valence-electron chi connectivity index (χ0n) is 17.6. The number of carbonyl (C=O) groups excluding carboxylic acids is 1. The van der Waals surface area contributed by atoms with Crippen molar-refractivity contribution in [2.24, 2.45) is 5.92 Å². The van der Waals surface area contributed by atoms with Crippen LogP contribution in [0.15, 0.2) is 48.5 Å². The third-order valence-electron chi connectivity index (χ3n) is 4.63. The highest BCUT2D eigenvalue weighted by Crippen LogP contribution is 2.16. The molecule has 2 aromatic carbocycles. The summed E-state index contributed by atoms with van der Waals surface area (Å²) >= 11 is 0. The second kappa shape index (κ2) is 11.3. The molecule has 7 nitrogen and oxygen atoms in total. The van der Waals surface area contributed by atoms with Crippen LogP contribution in [0.4, 0.5) is 0 Å². The molecule has 0 fully saturated rings. The number of methoxy groups -OCH3 is 1. The number of aliphatic carboxylic acids is 1. The van der Waals surface area contributed by atoms with E-state index in [4.69, 9.17) is 9.57 Å². The molecule has 0 radical (unpaired) electrons. The van der Waals surface area contributed by atoms with Gasteiger partial charge in [0.15, 0.2) is 0 Å². The third kappa shape index (κ3) is 7.17. The molecule has 0 aromatic heterocycles. The van der Waals surface area contributed by atoms with Crippen molar-refractivity contribution in [1.82, 2.24) is 5.06 Å². The van der Waals surface area contributed by atoms with Crippen LogP contribution < -0.4 is 0 Å². The summed E-state index contributed by atoms with van der Waals surface area (Å²) in [5, 5.41) is 20.5. The van der Waals surface area contributed by atoms with Gasteiger partial charge in [-0.05, 0) is 35.2 Å². The van der Waals surface area contributed by atoms with Crippen molar-refractivity contribution in [3.8, 4) is 5.75 Å². The summed E-state index contributed by atoms with van der Waals surface area (Å²) in [6.07, 6.45) is 0.645. The number of hydrogen-bond acceptors (Lipinski definition) is 6.